The molecule has 0 N–H and O–H groups in total. The SMILES string of the molecule is COC(=O)CC[C@H](C)[C@@H]1CC[C@@H]2[C@H]3CC[C@H]4C[C@@H](OC(C)=O)CC[C@]4(C)[C@@H]3C=C[C@@]21C. The van der Waals surface area contributed by atoms with Crippen LogP contribution in [0.25, 0.3) is 0 Å². The van der Waals surface area contributed by atoms with Gasteiger partial charge in [-0.15, -0.1) is 0 Å². The monoisotopic (exact) mass is 430 g/mol. The lowest BCUT2D eigenvalue weighted by Crippen LogP contribution is -2.52. The second-order valence-corrected chi connectivity index (χ2v) is 11.6. The number of fused-ring (bicyclic) bond motifs is 5. The molecule has 0 amide bonds. The van der Waals surface area contributed by atoms with Crippen LogP contribution in [-0.4, -0.2) is 25.2 Å². The van der Waals surface area contributed by atoms with Crippen LogP contribution in [0.5, 0.6) is 0 Å². The van der Waals surface area contributed by atoms with Gasteiger partial charge >= 0.3 is 11.9 Å². The van der Waals surface area contributed by atoms with Crippen molar-refractivity contribution in [2.24, 2.45) is 46.3 Å². The summed E-state index contributed by atoms with van der Waals surface area (Å²) in [6.07, 6.45) is 15.2. The van der Waals surface area contributed by atoms with E-state index in [0.29, 0.717) is 35.5 Å². The fraction of sp³-hybridized carbons (Fsp3) is 0.852. The van der Waals surface area contributed by atoms with E-state index in [-0.39, 0.29) is 23.5 Å². The third-order valence-corrected chi connectivity index (χ3v) is 10.2. The second kappa shape index (κ2) is 8.56. The van der Waals surface area contributed by atoms with Crippen molar-refractivity contribution < 1.29 is 19.1 Å². The van der Waals surface area contributed by atoms with Gasteiger partial charge in [0.25, 0.3) is 0 Å². The Kier molecular flexibility index (Phi) is 6.31. The first-order valence-corrected chi connectivity index (χ1v) is 12.6. The molecule has 0 heterocycles. The van der Waals surface area contributed by atoms with E-state index in [1.54, 1.807) is 0 Å². The highest BCUT2D eigenvalue weighted by molar-refractivity contribution is 5.69. The zero-order valence-electron chi connectivity index (χ0n) is 20.2. The van der Waals surface area contributed by atoms with Crippen LogP contribution < -0.4 is 0 Å². The van der Waals surface area contributed by atoms with Gasteiger partial charge in [0.1, 0.15) is 6.10 Å². The molecule has 9 atom stereocenters. The van der Waals surface area contributed by atoms with Crippen molar-refractivity contribution in [1.29, 1.82) is 0 Å². The van der Waals surface area contributed by atoms with Crippen molar-refractivity contribution in [1.82, 2.24) is 0 Å². The Bertz CT molecular complexity index is 729. The van der Waals surface area contributed by atoms with Crippen LogP contribution in [0.3, 0.4) is 0 Å². The molecule has 0 unspecified atom stereocenters. The van der Waals surface area contributed by atoms with Gasteiger partial charge in [-0.3, -0.25) is 9.59 Å². The predicted molar refractivity (Wildman–Crippen MR) is 121 cm³/mol. The van der Waals surface area contributed by atoms with Crippen LogP contribution in [0.15, 0.2) is 12.2 Å². The molecule has 31 heavy (non-hydrogen) atoms. The van der Waals surface area contributed by atoms with E-state index in [1.807, 2.05) is 0 Å². The highest BCUT2D eigenvalue weighted by atomic mass is 16.5. The van der Waals surface area contributed by atoms with Crippen molar-refractivity contribution in [3.63, 3.8) is 0 Å². The number of rotatable bonds is 5. The fourth-order valence-corrected chi connectivity index (χ4v) is 8.52. The molecule has 4 rings (SSSR count). The van der Waals surface area contributed by atoms with Gasteiger partial charge in [0.05, 0.1) is 7.11 Å². The van der Waals surface area contributed by atoms with Crippen molar-refractivity contribution in [2.75, 3.05) is 7.11 Å². The normalized spacial score (nSPS) is 44.5. The number of carbonyl (C=O) groups is 2. The summed E-state index contributed by atoms with van der Waals surface area (Å²) in [5, 5.41) is 0. The van der Waals surface area contributed by atoms with E-state index >= 15 is 0 Å². The molecule has 3 saturated carbocycles. The highest BCUT2D eigenvalue weighted by Crippen LogP contribution is 2.66. The minimum absolute atomic E-state index is 0.0820. The number of hydrogen-bond acceptors (Lipinski definition) is 4. The molecule has 0 saturated heterocycles. The van der Waals surface area contributed by atoms with E-state index < -0.39 is 0 Å². The van der Waals surface area contributed by atoms with Crippen LogP contribution in [0.1, 0.15) is 85.5 Å². The molecule has 0 bridgehead atoms. The molecule has 3 fully saturated rings. The summed E-state index contributed by atoms with van der Waals surface area (Å²) in [6.45, 7) is 8.91. The summed E-state index contributed by atoms with van der Waals surface area (Å²) in [4.78, 5) is 23.1. The summed E-state index contributed by atoms with van der Waals surface area (Å²) in [5.41, 5.74) is 0.598. The largest absolute Gasteiger partial charge is 0.469 e. The Labute approximate surface area is 188 Å². The van der Waals surface area contributed by atoms with Gasteiger partial charge in [0.2, 0.25) is 0 Å². The zero-order chi connectivity index (χ0) is 22.4. The molecule has 4 heteroatoms. The molecule has 0 aromatic heterocycles. The third-order valence-electron chi connectivity index (χ3n) is 10.2. The summed E-state index contributed by atoms with van der Waals surface area (Å²) in [7, 11) is 1.49. The number of methoxy groups -OCH3 is 1. The Morgan fingerprint density at radius 3 is 2.61 bits per heavy atom. The second-order valence-electron chi connectivity index (χ2n) is 11.6. The molecule has 174 valence electrons. The van der Waals surface area contributed by atoms with E-state index in [4.69, 9.17) is 9.47 Å². The Balaban J connectivity index is 1.50. The summed E-state index contributed by atoms with van der Waals surface area (Å²) in [5.74, 6) is 3.85. The number of hydrogen-bond donors (Lipinski definition) is 0. The van der Waals surface area contributed by atoms with Crippen LogP contribution in [-0.2, 0) is 19.1 Å². The lowest BCUT2D eigenvalue weighted by Gasteiger charge is -2.59. The summed E-state index contributed by atoms with van der Waals surface area (Å²) in [6, 6.07) is 0. The van der Waals surface area contributed by atoms with Crippen molar-refractivity contribution in [3.05, 3.63) is 12.2 Å². The Hall–Kier alpha value is -1.32. The van der Waals surface area contributed by atoms with E-state index in [9.17, 15) is 9.59 Å². The van der Waals surface area contributed by atoms with Crippen LogP contribution >= 0.6 is 0 Å². The van der Waals surface area contributed by atoms with E-state index in [1.165, 1.54) is 46.1 Å². The number of carbonyl (C=O) groups excluding carboxylic acids is 2. The van der Waals surface area contributed by atoms with Gasteiger partial charge in [0, 0.05) is 13.3 Å². The van der Waals surface area contributed by atoms with Crippen molar-refractivity contribution in [2.45, 2.75) is 91.6 Å². The van der Waals surface area contributed by atoms with Gasteiger partial charge in [-0.2, -0.15) is 0 Å². The Morgan fingerprint density at radius 2 is 1.90 bits per heavy atom. The highest BCUT2D eigenvalue weighted by Gasteiger charge is 2.59. The minimum Gasteiger partial charge on any atom is -0.469 e. The van der Waals surface area contributed by atoms with E-state index in [0.717, 1.165) is 31.1 Å². The molecule has 0 aromatic rings. The first-order valence-electron chi connectivity index (χ1n) is 12.6. The topological polar surface area (TPSA) is 52.6 Å². The molecule has 0 aromatic carbocycles. The van der Waals surface area contributed by atoms with Crippen LogP contribution in [0.2, 0.25) is 0 Å². The zero-order valence-corrected chi connectivity index (χ0v) is 20.2. The molecule has 4 nitrogen and oxygen atoms in total. The quantitative estimate of drug-likeness (QED) is 0.400. The van der Waals surface area contributed by atoms with Gasteiger partial charge < -0.3 is 9.47 Å². The molecular formula is C27H42O4. The maximum atomic E-state index is 11.7. The average Bonchev–Trinajstić information content (AvgIpc) is 3.09. The van der Waals surface area contributed by atoms with Crippen LogP contribution in [0.4, 0.5) is 0 Å². The van der Waals surface area contributed by atoms with Crippen molar-refractivity contribution in [3.8, 4) is 0 Å². The smallest absolute Gasteiger partial charge is 0.305 e. The predicted octanol–water partition coefficient (Wildman–Crippen LogP) is 5.94. The molecule has 4 aliphatic rings. The lowest BCUT2D eigenvalue weighted by atomic mass is 9.46. The first kappa shape index (κ1) is 22.9. The summed E-state index contributed by atoms with van der Waals surface area (Å²) >= 11 is 0. The average molecular weight is 431 g/mol. The molecule has 0 radical (unpaired) electrons. The lowest BCUT2D eigenvalue weighted by molar-refractivity contribution is -0.154. The van der Waals surface area contributed by atoms with Gasteiger partial charge in [0.15, 0.2) is 0 Å². The molecule has 0 spiro atoms. The van der Waals surface area contributed by atoms with Gasteiger partial charge in [-0.05, 0) is 97.7 Å². The first-order chi connectivity index (χ1) is 14.7. The number of esters is 2. The standard InChI is InChI=1S/C27H42O4/c1-17(6-11-25(29)30-5)22-9-10-23-21-8-7-19-16-20(31-18(2)28)12-14-26(19,3)24(21)13-15-27(22,23)4/h13,15,17,19-24H,6-12,14,16H2,1-5H3/t17-,19-,20-,21+,22-,23+,24+,26-,27+/m0/s1. The van der Waals surface area contributed by atoms with Gasteiger partial charge in [-0.1, -0.05) is 32.9 Å². The van der Waals surface area contributed by atoms with Gasteiger partial charge in [-0.25, -0.2) is 0 Å². The third kappa shape index (κ3) is 3.97. The van der Waals surface area contributed by atoms with Crippen LogP contribution in [0, 0.1) is 46.3 Å². The van der Waals surface area contributed by atoms with E-state index in [2.05, 4.69) is 32.9 Å². The number of allylic oxidation sites excluding steroid dienone is 2. The maximum absolute atomic E-state index is 11.7. The fourth-order valence-electron chi connectivity index (χ4n) is 8.52. The molecular weight excluding hydrogens is 388 g/mol. The maximum Gasteiger partial charge on any atom is 0.305 e. The summed E-state index contributed by atoms with van der Waals surface area (Å²) < 4.78 is 10.5. The Morgan fingerprint density at radius 1 is 1.13 bits per heavy atom. The van der Waals surface area contributed by atoms with Crippen molar-refractivity contribution >= 4 is 11.9 Å². The molecule has 0 aliphatic heterocycles. The molecule has 4 aliphatic carbocycles. The minimum atomic E-state index is -0.131. The number of ether oxygens (including phenoxy) is 2.